The summed E-state index contributed by atoms with van der Waals surface area (Å²) in [4.78, 5) is 0. The zero-order valence-corrected chi connectivity index (χ0v) is 9.34. The first-order valence-electron chi connectivity index (χ1n) is 4.72. The molecule has 1 rings (SSSR count). The fraction of sp³-hybridized carbons (Fsp3) is 0.455. The number of ether oxygens (including phenoxy) is 1. The van der Waals surface area contributed by atoms with Crippen molar-refractivity contribution in [3.8, 4) is 5.75 Å². The Hall–Kier alpha value is -0.730. The van der Waals surface area contributed by atoms with Gasteiger partial charge in [0.15, 0.2) is 0 Å². The van der Waals surface area contributed by atoms with E-state index in [-0.39, 0.29) is 6.04 Å². The second kappa shape index (κ2) is 5.23. The smallest absolute Gasteiger partial charge is 0.140 e. The molecule has 0 unspecified atom stereocenters. The lowest BCUT2D eigenvalue weighted by atomic mass is 10.1. The number of benzene rings is 1. The second-order valence-corrected chi connectivity index (χ2v) is 3.86. The Bertz CT molecular complexity index is 299. The minimum atomic E-state index is 0.207. The molecule has 0 aliphatic carbocycles. The summed E-state index contributed by atoms with van der Waals surface area (Å²) in [7, 11) is 1.64. The third-order valence-corrected chi connectivity index (χ3v) is 2.42. The molecule has 0 spiro atoms. The van der Waals surface area contributed by atoms with Crippen molar-refractivity contribution in [2.24, 2.45) is 5.73 Å². The van der Waals surface area contributed by atoms with Crippen molar-refractivity contribution in [1.29, 1.82) is 0 Å². The molecule has 2 N–H and O–H groups in total. The average Bonchev–Trinajstić information content (AvgIpc) is 2.14. The van der Waals surface area contributed by atoms with Gasteiger partial charge in [-0.15, -0.1) is 0 Å². The van der Waals surface area contributed by atoms with Gasteiger partial charge in [0, 0.05) is 6.04 Å². The van der Waals surface area contributed by atoms with Gasteiger partial charge in [-0.05, 0) is 31.4 Å². The second-order valence-electron chi connectivity index (χ2n) is 3.45. The molecular weight excluding hydrogens is 198 g/mol. The van der Waals surface area contributed by atoms with Crippen molar-refractivity contribution < 1.29 is 4.74 Å². The van der Waals surface area contributed by atoms with E-state index in [0.29, 0.717) is 5.02 Å². The van der Waals surface area contributed by atoms with Gasteiger partial charge in [-0.2, -0.15) is 0 Å². The maximum atomic E-state index is 5.99. The topological polar surface area (TPSA) is 35.2 Å². The van der Waals surface area contributed by atoms with Crippen molar-refractivity contribution in [3.63, 3.8) is 0 Å². The van der Waals surface area contributed by atoms with Crippen LogP contribution < -0.4 is 10.5 Å². The molecule has 14 heavy (non-hydrogen) atoms. The van der Waals surface area contributed by atoms with Crippen LogP contribution in [0.3, 0.4) is 0 Å². The van der Waals surface area contributed by atoms with Crippen LogP contribution in [0.15, 0.2) is 18.2 Å². The van der Waals surface area contributed by atoms with E-state index in [0.717, 1.165) is 24.2 Å². The summed E-state index contributed by atoms with van der Waals surface area (Å²) in [5.41, 5.74) is 6.82. The van der Waals surface area contributed by atoms with Gasteiger partial charge in [0.2, 0.25) is 0 Å². The molecular formula is C11H16ClNO. The van der Waals surface area contributed by atoms with Crippen molar-refractivity contribution in [3.05, 3.63) is 28.8 Å². The first-order chi connectivity index (χ1) is 6.65. The van der Waals surface area contributed by atoms with Crippen LogP contribution in [-0.4, -0.2) is 13.2 Å². The predicted octanol–water partition coefficient (Wildman–Crippen LogP) is 2.63. The van der Waals surface area contributed by atoms with Crippen molar-refractivity contribution in [2.45, 2.75) is 25.8 Å². The highest BCUT2D eigenvalue weighted by Crippen LogP contribution is 2.29. The first kappa shape index (κ1) is 11.3. The molecule has 3 heteroatoms. The molecule has 0 aliphatic rings. The van der Waals surface area contributed by atoms with Crippen LogP contribution >= 0.6 is 11.6 Å². The van der Waals surface area contributed by atoms with Crippen molar-refractivity contribution in [2.75, 3.05) is 7.11 Å². The SMILES string of the molecule is COc1c(Cl)cccc1CC[C@@H](C)N. The molecule has 0 aromatic heterocycles. The number of nitrogens with two attached hydrogens (primary N) is 1. The number of methoxy groups -OCH3 is 1. The Morgan fingerprint density at radius 2 is 2.21 bits per heavy atom. The summed E-state index contributed by atoms with van der Waals surface area (Å²) in [6.07, 6.45) is 1.85. The normalized spacial score (nSPS) is 12.6. The Morgan fingerprint density at radius 3 is 2.79 bits per heavy atom. The molecule has 0 saturated heterocycles. The van der Waals surface area contributed by atoms with Gasteiger partial charge in [-0.25, -0.2) is 0 Å². The Morgan fingerprint density at radius 1 is 1.50 bits per heavy atom. The van der Waals surface area contributed by atoms with E-state index in [4.69, 9.17) is 22.1 Å². The van der Waals surface area contributed by atoms with Gasteiger partial charge in [0.25, 0.3) is 0 Å². The van der Waals surface area contributed by atoms with Crippen LogP contribution in [0, 0.1) is 0 Å². The standard InChI is InChI=1S/C11H16ClNO/c1-8(13)6-7-9-4-3-5-10(12)11(9)14-2/h3-5,8H,6-7,13H2,1-2H3/t8-/m1/s1. The lowest BCUT2D eigenvalue weighted by Gasteiger charge is -2.10. The van der Waals surface area contributed by atoms with E-state index in [1.165, 1.54) is 0 Å². The Balaban J connectivity index is 2.80. The molecule has 0 heterocycles. The highest BCUT2D eigenvalue weighted by atomic mass is 35.5. The summed E-state index contributed by atoms with van der Waals surface area (Å²) in [5, 5.41) is 0.662. The zero-order valence-electron chi connectivity index (χ0n) is 8.59. The number of halogens is 1. The molecule has 0 fully saturated rings. The number of aryl methyl sites for hydroxylation is 1. The fourth-order valence-electron chi connectivity index (χ4n) is 1.36. The van der Waals surface area contributed by atoms with Gasteiger partial charge >= 0.3 is 0 Å². The van der Waals surface area contributed by atoms with Crippen molar-refractivity contribution in [1.82, 2.24) is 0 Å². The van der Waals surface area contributed by atoms with Crippen LogP contribution in [0.4, 0.5) is 0 Å². The van der Waals surface area contributed by atoms with Crippen LogP contribution in [-0.2, 0) is 6.42 Å². The van der Waals surface area contributed by atoms with Gasteiger partial charge in [0.05, 0.1) is 12.1 Å². The van der Waals surface area contributed by atoms with Crippen molar-refractivity contribution >= 4 is 11.6 Å². The third kappa shape index (κ3) is 2.89. The highest BCUT2D eigenvalue weighted by Gasteiger charge is 2.07. The monoisotopic (exact) mass is 213 g/mol. The summed E-state index contributed by atoms with van der Waals surface area (Å²) in [5.74, 6) is 0.773. The van der Waals surface area contributed by atoms with Crippen LogP contribution in [0.5, 0.6) is 5.75 Å². The van der Waals surface area contributed by atoms with E-state index < -0.39 is 0 Å². The number of para-hydroxylation sites is 1. The lowest BCUT2D eigenvalue weighted by molar-refractivity contribution is 0.409. The van der Waals surface area contributed by atoms with Crippen LogP contribution in [0.1, 0.15) is 18.9 Å². The number of rotatable bonds is 4. The van der Waals surface area contributed by atoms with E-state index in [9.17, 15) is 0 Å². The predicted molar refractivity (Wildman–Crippen MR) is 60.0 cm³/mol. The molecule has 1 aromatic rings. The average molecular weight is 214 g/mol. The fourth-order valence-corrected chi connectivity index (χ4v) is 1.63. The maximum Gasteiger partial charge on any atom is 0.140 e. The van der Waals surface area contributed by atoms with Gasteiger partial charge in [-0.1, -0.05) is 23.7 Å². The van der Waals surface area contributed by atoms with Gasteiger partial charge < -0.3 is 10.5 Å². The van der Waals surface area contributed by atoms with Gasteiger partial charge in [-0.3, -0.25) is 0 Å². The lowest BCUT2D eigenvalue weighted by Crippen LogP contribution is -2.15. The molecule has 1 aromatic carbocycles. The zero-order chi connectivity index (χ0) is 10.6. The van der Waals surface area contributed by atoms with Crippen LogP contribution in [0.25, 0.3) is 0 Å². The highest BCUT2D eigenvalue weighted by molar-refractivity contribution is 6.32. The summed E-state index contributed by atoms with van der Waals surface area (Å²) < 4.78 is 5.24. The molecule has 0 saturated carbocycles. The molecule has 0 amide bonds. The molecule has 1 atom stereocenters. The number of hydrogen-bond acceptors (Lipinski definition) is 2. The maximum absolute atomic E-state index is 5.99. The molecule has 78 valence electrons. The van der Waals surface area contributed by atoms with E-state index in [1.54, 1.807) is 7.11 Å². The number of hydrogen-bond donors (Lipinski definition) is 1. The van der Waals surface area contributed by atoms with E-state index in [1.807, 2.05) is 25.1 Å². The largest absolute Gasteiger partial charge is 0.495 e. The van der Waals surface area contributed by atoms with Crippen LogP contribution in [0.2, 0.25) is 5.02 Å². The Labute approximate surface area is 90.0 Å². The van der Waals surface area contributed by atoms with E-state index in [2.05, 4.69) is 0 Å². The molecule has 0 bridgehead atoms. The first-order valence-corrected chi connectivity index (χ1v) is 5.10. The summed E-state index contributed by atoms with van der Waals surface area (Å²) in [6, 6.07) is 5.99. The molecule has 2 nitrogen and oxygen atoms in total. The minimum absolute atomic E-state index is 0.207. The third-order valence-electron chi connectivity index (χ3n) is 2.12. The summed E-state index contributed by atoms with van der Waals surface area (Å²) >= 11 is 5.99. The van der Waals surface area contributed by atoms with Gasteiger partial charge in [0.1, 0.15) is 5.75 Å². The quantitative estimate of drug-likeness (QED) is 0.835. The Kier molecular flexibility index (Phi) is 4.23. The molecule has 0 radical (unpaired) electrons. The summed E-state index contributed by atoms with van der Waals surface area (Å²) in [6.45, 7) is 2.00. The van der Waals surface area contributed by atoms with E-state index >= 15 is 0 Å². The minimum Gasteiger partial charge on any atom is -0.495 e. The molecule has 0 aliphatic heterocycles.